The Hall–Kier alpha value is -0.540. The number of methoxy groups -OCH3 is 1. The molecule has 0 aliphatic rings. The molecule has 2 unspecified atom stereocenters. The van der Waals surface area contributed by atoms with E-state index in [0.29, 0.717) is 12.0 Å². The maximum absolute atomic E-state index is 5.50. The zero-order chi connectivity index (χ0) is 13.5. The van der Waals surface area contributed by atoms with Gasteiger partial charge in [-0.25, -0.2) is 0 Å². The summed E-state index contributed by atoms with van der Waals surface area (Å²) >= 11 is 3.49. The van der Waals surface area contributed by atoms with Gasteiger partial charge in [0.05, 0.1) is 7.11 Å². The first kappa shape index (κ1) is 15.5. The van der Waals surface area contributed by atoms with E-state index in [4.69, 9.17) is 4.74 Å². The van der Waals surface area contributed by atoms with E-state index in [1.165, 1.54) is 12.0 Å². The molecule has 0 aromatic heterocycles. The minimum Gasteiger partial charge on any atom is -0.496 e. The molecule has 1 aromatic carbocycles. The number of halogens is 1. The van der Waals surface area contributed by atoms with Crippen LogP contribution in [0.2, 0.25) is 0 Å². The van der Waals surface area contributed by atoms with E-state index < -0.39 is 0 Å². The summed E-state index contributed by atoms with van der Waals surface area (Å²) in [5.41, 5.74) is 1.25. The van der Waals surface area contributed by atoms with Gasteiger partial charge in [-0.15, -0.1) is 0 Å². The Balaban J connectivity index is 2.96. The predicted octanol–water partition coefficient (Wildman–Crippen LogP) is 4.54. The van der Waals surface area contributed by atoms with Crippen LogP contribution in [-0.4, -0.2) is 13.7 Å². The first-order valence-electron chi connectivity index (χ1n) is 6.69. The molecular formula is C15H24BrNO. The van der Waals surface area contributed by atoms with Crippen molar-refractivity contribution in [1.82, 2.24) is 5.32 Å². The maximum Gasteiger partial charge on any atom is 0.124 e. The predicted molar refractivity (Wildman–Crippen MR) is 81.2 cm³/mol. The SMILES string of the molecule is CCNC(CC(C)CC)c1ccc(Br)cc1OC. The van der Waals surface area contributed by atoms with Crippen LogP contribution in [0.15, 0.2) is 22.7 Å². The third kappa shape index (κ3) is 4.29. The fourth-order valence-electron chi connectivity index (χ4n) is 2.11. The van der Waals surface area contributed by atoms with Crippen LogP contribution in [0, 0.1) is 5.92 Å². The molecule has 102 valence electrons. The Kier molecular flexibility index (Phi) is 6.72. The zero-order valence-electron chi connectivity index (χ0n) is 11.8. The van der Waals surface area contributed by atoms with E-state index in [2.05, 4.69) is 54.2 Å². The van der Waals surface area contributed by atoms with Crippen LogP contribution in [0.1, 0.15) is 45.2 Å². The van der Waals surface area contributed by atoms with Crippen LogP contribution in [0.4, 0.5) is 0 Å². The van der Waals surface area contributed by atoms with Crippen molar-refractivity contribution in [2.24, 2.45) is 5.92 Å². The average molecular weight is 314 g/mol. The van der Waals surface area contributed by atoms with Crippen molar-refractivity contribution in [2.75, 3.05) is 13.7 Å². The van der Waals surface area contributed by atoms with Crippen molar-refractivity contribution in [2.45, 2.75) is 39.7 Å². The monoisotopic (exact) mass is 313 g/mol. The van der Waals surface area contributed by atoms with E-state index in [1.54, 1.807) is 7.11 Å². The summed E-state index contributed by atoms with van der Waals surface area (Å²) in [7, 11) is 1.73. The van der Waals surface area contributed by atoms with Crippen molar-refractivity contribution < 1.29 is 4.74 Å². The molecule has 1 N–H and O–H groups in total. The van der Waals surface area contributed by atoms with Gasteiger partial charge < -0.3 is 10.1 Å². The Labute approximate surface area is 119 Å². The second-order valence-electron chi connectivity index (χ2n) is 4.75. The van der Waals surface area contributed by atoms with E-state index >= 15 is 0 Å². The standard InChI is InChI=1S/C15H24BrNO/c1-5-11(3)9-14(17-6-2)13-8-7-12(16)10-15(13)18-4/h7-8,10-11,14,17H,5-6,9H2,1-4H3. The first-order valence-corrected chi connectivity index (χ1v) is 7.48. The molecule has 2 atom stereocenters. The van der Waals surface area contributed by atoms with Gasteiger partial charge in [-0.3, -0.25) is 0 Å². The highest BCUT2D eigenvalue weighted by molar-refractivity contribution is 9.10. The second-order valence-corrected chi connectivity index (χ2v) is 5.66. The van der Waals surface area contributed by atoms with Gasteiger partial charge in [0.15, 0.2) is 0 Å². The fourth-order valence-corrected chi connectivity index (χ4v) is 2.45. The summed E-state index contributed by atoms with van der Waals surface area (Å²) in [6.45, 7) is 7.66. The number of ether oxygens (including phenoxy) is 1. The lowest BCUT2D eigenvalue weighted by atomic mass is 9.93. The minimum atomic E-state index is 0.369. The summed E-state index contributed by atoms with van der Waals surface area (Å²) in [5.74, 6) is 1.67. The Morgan fingerprint density at radius 2 is 2.06 bits per heavy atom. The van der Waals surface area contributed by atoms with Gasteiger partial charge in [0.25, 0.3) is 0 Å². The first-order chi connectivity index (χ1) is 8.62. The molecule has 0 bridgehead atoms. The van der Waals surface area contributed by atoms with Crippen molar-refractivity contribution in [3.8, 4) is 5.75 Å². The largest absolute Gasteiger partial charge is 0.496 e. The van der Waals surface area contributed by atoms with Crippen LogP contribution in [0.5, 0.6) is 5.75 Å². The Morgan fingerprint density at radius 3 is 2.61 bits per heavy atom. The number of hydrogen-bond donors (Lipinski definition) is 1. The minimum absolute atomic E-state index is 0.369. The highest BCUT2D eigenvalue weighted by Crippen LogP contribution is 2.32. The van der Waals surface area contributed by atoms with Crippen molar-refractivity contribution in [3.63, 3.8) is 0 Å². The smallest absolute Gasteiger partial charge is 0.124 e. The van der Waals surface area contributed by atoms with Gasteiger partial charge in [0.1, 0.15) is 5.75 Å². The molecule has 0 spiro atoms. The third-order valence-electron chi connectivity index (χ3n) is 3.36. The maximum atomic E-state index is 5.50. The number of hydrogen-bond acceptors (Lipinski definition) is 2. The van der Waals surface area contributed by atoms with Crippen molar-refractivity contribution >= 4 is 15.9 Å². The van der Waals surface area contributed by atoms with E-state index in [0.717, 1.165) is 23.2 Å². The van der Waals surface area contributed by atoms with E-state index in [1.807, 2.05) is 6.07 Å². The normalized spacial score (nSPS) is 14.3. The third-order valence-corrected chi connectivity index (χ3v) is 3.85. The molecule has 0 heterocycles. The van der Waals surface area contributed by atoms with Gasteiger partial charge in [0.2, 0.25) is 0 Å². The lowest BCUT2D eigenvalue weighted by Crippen LogP contribution is -2.23. The van der Waals surface area contributed by atoms with Crippen LogP contribution >= 0.6 is 15.9 Å². The van der Waals surface area contributed by atoms with Crippen LogP contribution in [0.25, 0.3) is 0 Å². The van der Waals surface area contributed by atoms with Crippen molar-refractivity contribution in [1.29, 1.82) is 0 Å². The van der Waals surface area contributed by atoms with Gasteiger partial charge in [-0.05, 0) is 31.0 Å². The van der Waals surface area contributed by atoms with Gasteiger partial charge in [-0.1, -0.05) is 49.2 Å². The Morgan fingerprint density at radius 1 is 1.33 bits per heavy atom. The van der Waals surface area contributed by atoms with Gasteiger partial charge in [-0.2, -0.15) is 0 Å². The molecule has 18 heavy (non-hydrogen) atoms. The second kappa shape index (κ2) is 7.80. The van der Waals surface area contributed by atoms with Crippen LogP contribution < -0.4 is 10.1 Å². The molecule has 0 saturated carbocycles. The lowest BCUT2D eigenvalue weighted by Gasteiger charge is -2.23. The van der Waals surface area contributed by atoms with E-state index in [-0.39, 0.29) is 0 Å². The summed E-state index contributed by atoms with van der Waals surface area (Å²) in [6.07, 6.45) is 2.35. The fraction of sp³-hybridized carbons (Fsp3) is 0.600. The number of nitrogens with one attached hydrogen (secondary N) is 1. The molecular weight excluding hydrogens is 290 g/mol. The molecule has 0 aliphatic carbocycles. The van der Waals surface area contributed by atoms with Crippen LogP contribution in [0.3, 0.4) is 0 Å². The summed E-state index contributed by atoms with van der Waals surface area (Å²) < 4.78 is 6.56. The molecule has 0 fully saturated rings. The lowest BCUT2D eigenvalue weighted by molar-refractivity contribution is 0.373. The molecule has 0 amide bonds. The van der Waals surface area contributed by atoms with Gasteiger partial charge in [0, 0.05) is 16.1 Å². The highest BCUT2D eigenvalue weighted by atomic mass is 79.9. The zero-order valence-corrected chi connectivity index (χ0v) is 13.4. The molecule has 1 rings (SSSR count). The highest BCUT2D eigenvalue weighted by Gasteiger charge is 2.17. The molecule has 0 saturated heterocycles. The molecule has 2 nitrogen and oxygen atoms in total. The molecule has 0 aliphatic heterocycles. The van der Waals surface area contributed by atoms with Gasteiger partial charge >= 0.3 is 0 Å². The summed E-state index contributed by atoms with van der Waals surface area (Å²) in [6, 6.07) is 6.64. The topological polar surface area (TPSA) is 21.3 Å². The average Bonchev–Trinajstić information content (AvgIpc) is 2.37. The molecule has 0 radical (unpaired) electrons. The summed E-state index contributed by atoms with van der Waals surface area (Å²) in [4.78, 5) is 0. The van der Waals surface area contributed by atoms with Crippen LogP contribution in [-0.2, 0) is 0 Å². The Bertz CT molecular complexity index is 368. The number of benzene rings is 1. The molecule has 1 aromatic rings. The van der Waals surface area contributed by atoms with E-state index in [9.17, 15) is 0 Å². The van der Waals surface area contributed by atoms with Crippen molar-refractivity contribution in [3.05, 3.63) is 28.2 Å². The quantitative estimate of drug-likeness (QED) is 0.797. The summed E-state index contributed by atoms with van der Waals surface area (Å²) in [5, 5.41) is 3.56. The number of rotatable bonds is 7. The molecule has 3 heteroatoms.